The first-order chi connectivity index (χ1) is 7.62. The molecule has 1 aromatic carbocycles. The molecule has 0 heterocycles. The lowest BCUT2D eigenvalue weighted by Crippen LogP contribution is -2.07. The van der Waals surface area contributed by atoms with E-state index in [-0.39, 0.29) is 12.4 Å². The van der Waals surface area contributed by atoms with Gasteiger partial charge in [0.25, 0.3) is 0 Å². The number of rotatable bonds is 3. The second-order valence-electron chi connectivity index (χ2n) is 3.32. The first-order valence-corrected chi connectivity index (χ1v) is 5.98. The Kier molecular flexibility index (Phi) is 4.74. The molecule has 84 valence electrons. The van der Waals surface area contributed by atoms with Gasteiger partial charge in [-0.15, -0.1) is 0 Å². The second kappa shape index (κ2) is 5.85. The Balaban J connectivity index is 3.15. The number of ether oxygens (including phenoxy) is 1. The van der Waals surface area contributed by atoms with Crippen LogP contribution < -0.4 is 0 Å². The summed E-state index contributed by atoms with van der Waals surface area (Å²) in [5.74, 6) is -0.278. The maximum atomic E-state index is 11.2. The Labute approximate surface area is 109 Å². The van der Waals surface area contributed by atoms with Crippen molar-refractivity contribution in [3.63, 3.8) is 0 Å². The van der Waals surface area contributed by atoms with Gasteiger partial charge in [0, 0.05) is 3.57 Å². The number of carbonyl (C=O) groups excluding carboxylic acids is 1. The zero-order valence-corrected chi connectivity index (χ0v) is 11.4. The number of nitriles is 1. The van der Waals surface area contributed by atoms with Crippen LogP contribution in [0.4, 0.5) is 0 Å². The molecule has 1 aromatic rings. The third-order valence-corrected chi connectivity index (χ3v) is 3.25. The molecule has 0 N–H and O–H groups in total. The summed E-state index contributed by atoms with van der Waals surface area (Å²) in [6.45, 7) is 2.03. The molecule has 0 amide bonds. The van der Waals surface area contributed by atoms with Crippen molar-refractivity contribution < 1.29 is 9.53 Å². The van der Waals surface area contributed by atoms with Gasteiger partial charge >= 0.3 is 5.97 Å². The van der Waals surface area contributed by atoms with E-state index in [9.17, 15) is 4.79 Å². The van der Waals surface area contributed by atoms with Gasteiger partial charge in [0.15, 0.2) is 0 Å². The lowest BCUT2D eigenvalue weighted by Gasteiger charge is -2.08. The highest BCUT2D eigenvalue weighted by Gasteiger charge is 2.10. The topological polar surface area (TPSA) is 50.1 Å². The number of nitrogens with zero attached hydrogens (tertiary/aromatic N) is 1. The standard InChI is InChI=1S/C12H12INO2/c1-3-8-5-11(13)10(7-14)4-9(8)6-12(15)16-2/h4-5H,3,6H2,1-2H3. The molecule has 0 saturated carbocycles. The molecule has 0 aromatic heterocycles. The van der Waals surface area contributed by atoms with Gasteiger partial charge < -0.3 is 4.74 Å². The number of aryl methyl sites for hydroxylation is 1. The normalized spacial score (nSPS) is 9.62. The van der Waals surface area contributed by atoms with Crippen LogP contribution in [-0.4, -0.2) is 13.1 Å². The zero-order chi connectivity index (χ0) is 12.1. The zero-order valence-electron chi connectivity index (χ0n) is 9.21. The average molecular weight is 329 g/mol. The van der Waals surface area contributed by atoms with Gasteiger partial charge in [0.05, 0.1) is 19.1 Å². The molecule has 16 heavy (non-hydrogen) atoms. The lowest BCUT2D eigenvalue weighted by atomic mass is 10.00. The number of hydrogen-bond donors (Lipinski definition) is 0. The molecule has 0 aliphatic rings. The molecule has 0 radical (unpaired) electrons. The summed E-state index contributed by atoms with van der Waals surface area (Å²) < 4.78 is 5.56. The highest BCUT2D eigenvalue weighted by Crippen LogP contribution is 2.20. The number of benzene rings is 1. The van der Waals surface area contributed by atoms with Crippen LogP contribution in [0.2, 0.25) is 0 Å². The maximum Gasteiger partial charge on any atom is 0.309 e. The van der Waals surface area contributed by atoms with E-state index in [2.05, 4.69) is 33.4 Å². The minimum absolute atomic E-state index is 0.227. The summed E-state index contributed by atoms with van der Waals surface area (Å²) in [5.41, 5.74) is 2.58. The molecule has 0 unspecified atom stereocenters. The average Bonchev–Trinajstić information content (AvgIpc) is 2.30. The van der Waals surface area contributed by atoms with E-state index in [4.69, 9.17) is 5.26 Å². The smallest absolute Gasteiger partial charge is 0.309 e. The van der Waals surface area contributed by atoms with Crippen molar-refractivity contribution in [3.8, 4) is 6.07 Å². The molecule has 0 bridgehead atoms. The van der Waals surface area contributed by atoms with Gasteiger partial charge in [-0.1, -0.05) is 6.92 Å². The van der Waals surface area contributed by atoms with Gasteiger partial charge in [0.1, 0.15) is 6.07 Å². The second-order valence-corrected chi connectivity index (χ2v) is 4.48. The lowest BCUT2D eigenvalue weighted by molar-refractivity contribution is -0.139. The van der Waals surface area contributed by atoms with Gasteiger partial charge in [-0.05, 0) is 52.3 Å². The minimum atomic E-state index is -0.278. The molecular formula is C12H12INO2. The first kappa shape index (κ1) is 13.0. The number of carbonyl (C=O) groups is 1. The Morgan fingerprint density at radius 2 is 2.19 bits per heavy atom. The molecule has 1 rings (SSSR count). The molecule has 0 aliphatic heterocycles. The van der Waals surface area contributed by atoms with Crippen LogP contribution in [0.15, 0.2) is 12.1 Å². The largest absolute Gasteiger partial charge is 0.469 e. The van der Waals surface area contributed by atoms with Crippen LogP contribution in [-0.2, 0) is 22.4 Å². The fraction of sp³-hybridized carbons (Fsp3) is 0.333. The summed E-state index contributed by atoms with van der Waals surface area (Å²) in [6.07, 6.45) is 1.07. The van der Waals surface area contributed by atoms with Crippen molar-refractivity contribution in [2.75, 3.05) is 7.11 Å². The SMILES string of the molecule is CCc1cc(I)c(C#N)cc1CC(=O)OC. The molecule has 3 nitrogen and oxygen atoms in total. The van der Waals surface area contributed by atoms with E-state index >= 15 is 0 Å². The monoisotopic (exact) mass is 329 g/mol. The van der Waals surface area contributed by atoms with E-state index < -0.39 is 0 Å². The van der Waals surface area contributed by atoms with Crippen molar-refractivity contribution >= 4 is 28.6 Å². The van der Waals surface area contributed by atoms with Gasteiger partial charge in [-0.3, -0.25) is 4.79 Å². The van der Waals surface area contributed by atoms with E-state index in [0.717, 1.165) is 21.1 Å². The van der Waals surface area contributed by atoms with Crippen molar-refractivity contribution in [3.05, 3.63) is 32.4 Å². The van der Waals surface area contributed by atoms with Crippen LogP contribution in [0.5, 0.6) is 0 Å². The Morgan fingerprint density at radius 3 is 2.69 bits per heavy atom. The third kappa shape index (κ3) is 2.95. The van der Waals surface area contributed by atoms with E-state index in [0.29, 0.717) is 5.56 Å². The van der Waals surface area contributed by atoms with Gasteiger partial charge in [-0.25, -0.2) is 0 Å². The predicted octanol–water partition coefficient (Wildman–Crippen LogP) is 2.44. The summed E-state index contributed by atoms with van der Waals surface area (Å²) in [5, 5.41) is 8.93. The van der Waals surface area contributed by atoms with Crippen LogP contribution in [0.1, 0.15) is 23.6 Å². The van der Waals surface area contributed by atoms with Crippen molar-refractivity contribution in [2.45, 2.75) is 19.8 Å². The van der Waals surface area contributed by atoms with Crippen LogP contribution >= 0.6 is 22.6 Å². The summed E-state index contributed by atoms with van der Waals surface area (Å²) >= 11 is 2.13. The first-order valence-electron chi connectivity index (χ1n) is 4.90. The van der Waals surface area contributed by atoms with Crippen LogP contribution in [0.3, 0.4) is 0 Å². The quantitative estimate of drug-likeness (QED) is 0.632. The maximum absolute atomic E-state index is 11.2. The third-order valence-electron chi connectivity index (χ3n) is 2.35. The van der Waals surface area contributed by atoms with Gasteiger partial charge in [0.2, 0.25) is 0 Å². The van der Waals surface area contributed by atoms with Crippen molar-refractivity contribution in [1.29, 1.82) is 5.26 Å². The molecular weight excluding hydrogens is 317 g/mol. The van der Waals surface area contributed by atoms with Crippen molar-refractivity contribution in [2.24, 2.45) is 0 Å². The molecule has 0 aliphatic carbocycles. The van der Waals surface area contributed by atoms with Crippen molar-refractivity contribution in [1.82, 2.24) is 0 Å². The molecule has 0 saturated heterocycles. The van der Waals surface area contributed by atoms with E-state index in [1.165, 1.54) is 7.11 Å². The van der Waals surface area contributed by atoms with Crippen LogP contribution in [0, 0.1) is 14.9 Å². The van der Waals surface area contributed by atoms with E-state index in [1.54, 1.807) is 6.07 Å². The predicted molar refractivity (Wildman–Crippen MR) is 69.0 cm³/mol. The highest BCUT2D eigenvalue weighted by molar-refractivity contribution is 14.1. The summed E-state index contributed by atoms with van der Waals surface area (Å²) in [4.78, 5) is 11.2. The van der Waals surface area contributed by atoms with Crippen LogP contribution in [0.25, 0.3) is 0 Å². The molecule has 0 atom stereocenters. The highest BCUT2D eigenvalue weighted by atomic mass is 127. The van der Waals surface area contributed by atoms with Gasteiger partial charge in [-0.2, -0.15) is 5.26 Å². The Hall–Kier alpha value is -1.09. The molecule has 4 heteroatoms. The Bertz CT molecular complexity index is 449. The fourth-order valence-electron chi connectivity index (χ4n) is 1.47. The number of halogens is 1. The van der Waals surface area contributed by atoms with E-state index in [1.807, 2.05) is 13.0 Å². The minimum Gasteiger partial charge on any atom is -0.469 e. The summed E-state index contributed by atoms with van der Waals surface area (Å²) in [7, 11) is 1.37. The number of methoxy groups -OCH3 is 1. The number of hydrogen-bond acceptors (Lipinski definition) is 3. The number of esters is 1. The molecule has 0 spiro atoms. The summed E-state index contributed by atoms with van der Waals surface area (Å²) in [6, 6.07) is 5.85. The molecule has 0 fully saturated rings. The fourth-order valence-corrected chi connectivity index (χ4v) is 2.12. The Morgan fingerprint density at radius 1 is 1.50 bits per heavy atom.